The second kappa shape index (κ2) is 5.12. The van der Waals surface area contributed by atoms with Crippen molar-refractivity contribution in [2.45, 2.75) is 18.9 Å². The van der Waals surface area contributed by atoms with Crippen LogP contribution >= 0.6 is 0 Å². The van der Waals surface area contributed by atoms with Crippen molar-refractivity contribution in [1.29, 1.82) is 0 Å². The molecule has 1 N–H and O–H groups in total. The second-order valence-electron chi connectivity index (χ2n) is 4.01. The Kier molecular flexibility index (Phi) is 3.56. The summed E-state index contributed by atoms with van der Waals surface area (Å²) in [5, 5.41) is 3.36. The van der Waals surface area contributed by atoms with Gasteiger partial charge < -0.3 is 15.0 Å². The van der Waals surface area contributed by atoms with Crippen LogP contribution < -0.4 is 15.0 Å². The normalized spacial score (nSPS) is 17.1. The van der Waals surface area contributed by atoms with Crippen molar-refractivity contribution >= 4 is 5.82 Å². The van der Waals surface area contributed by atoms with E-state index in [-0.39, 0.29) is 0 Å². The van der Waals surface area contributed by atoms with Crippen LogP contribution in [0.1, 0.15) is 12.8 Å². The third-order valence-corrected chi connectivity index (χ3v) is 3.05. The van der Waals surface area contributed by atoms with Crippen LogP contribution in [-0.4, -0.2) is 43.3 Å². The number of nitrogens with one attached hydrogen (secondary N) is 1. The molecule has 0 spiro atoms. The van der Waals surface area contributed by atoms with E-state index in [1.807, 2.05) is 6.07 Å². The maximum atomic E-state index is 5.10. The summed E-state index contributed by atoms with van der Waals surface area (Å²) in [4.78, 5) is 10.5. The Morgan fingerprint density at radius 1 is 1.38 bits per heavy atom. The number of aromatic nitrogens is 2. The highest BCUT2D eigenvalue weighted by Crippen LogP contribution is 2.19. The molecule has 1 aromatic heterocycles. The number of methoxy groups -OCH3 is 1. The van der Waals surface area contributed by atoms with Gasteiger partial charge in [0.2, 0.25) is 5.88 Å². The number of ether oxygens (including phenoxy) is 1. The number of piperidine rings is 1. The Hall–Kier alpha value is -1.36. The van der Waals surface area contributed by atoms with Crippen molar-refractivity contribution in [3.63, 3.8) is 0 Å². The SMILES string of the molecule is COc1cc(N(C)C2CCNCC2)ncn1. The van der Waals surface area contributed by atoms with E-state index < -0.39 is 0 Å². The lowest BCUT2D eigenvalue weighted by Crippen LogP contribution is -2.41. The van der Waals surface area contributed by atoms with Crippen LogP contribution in [0, 0.1) is 0 Å². The summed E-state index contributed by atoms with van der Waals surface area (Å²) in [7, 11) is 3.70. The van der Waals surface area contributed by atoms with E-state index in [2.05, 4.69) is 27.2 Å². The van der Waals surface area contributed by atoms with Gasteiger partial charge in [-0.3, -0.25) is 0 Å². The highest BCUT2D eigenvalue weighted by molar-refractivity contribution is 5.41. The summed E-state index contributed by atoms with van der Waals surface area (Å²) in [6, 6.07) is 2.43. The molecule has 2 heterocycles. The quantitative estimate of drug-likeness (QED) is 0.814. The average Bonchev–Trinajstić information content (AvgIpc) is 2.39. The summed E-state index contributed by atoms with van der Waals surface area (Å²) >= 11 is 0. The molecule has 0 unspecified atom stereocenters. The molecule has 0 aliphatic carbocycles. The smallest absolute Gasteiger partial charge is 0.218 e. The molecule has 16 heavy (non-hydrogen) atoms. The van der Waals surface area contributed by atoms with E-state index in [9.17, 15) is 0 Å². The lowest BCUT2D eigenvalue weighted by molar-refractivity contribution is 0.395. The number of nitrogens with zero attached hydrogens (tertiary/aromatic N) is 3. The van der Waals surface area contributed by atoms with Crippen molar-refractivity contribution in [3.8, 4) is 5.88 Å². The van der Waals surface area contributed by atoms with Gasteiger partial charge in [0.1, 0.15) is 12.1 Å². The lowest BCUT2D eigenvalue weighted by Gasteiger charge is -2.32. The average molecular weight is 222 g/mol. The molecule has 1 aromatic rings. The standard InChI is InChI=1S/C11H18N4O/c1-15(9-3-5-12-6-4-9)10-7-11(16-2)14-8-13-10/h7-9,12H,3-6H2,1-2H3. The first-order chi connectivity index (χ1) is 7.81. The van der Waals surface area contributed by atoms with Gasteiger partial charge in [-0.1, -0.05) is 0 Å². The number of hydrogen-bond acceptors (Lipinski definition) is 5. The molecule has 1 saturated heterocycles. The molecule has 1 aliphatic rings. The molecule has 0 saturated carbocycles. The Bertz CT molecular complexity index is 339. The highest BCUT2D eigenvalue weighted by Gasteiger charge is 2.19. The number of rotatable bonds is 3. The van der Waals surface area contributed by atoms with Crippen molar-refractivity contribution in [1.82, 2.24) is 15.3 Å². The van der Waals surface area contributed by atoms with Crippen molar-refractivity contribution < 1.29 is 4.74 Å². The molecule has 0 atom stereocenters. The minimum Gasteiger partial charge on any atom is -0.481 e. The second-order valence-corrected chi connectivity index (χ2v) is 4.01. The predicted octanol–water partition coefficient (Wildman–Crippen LogP) is 0.673. The Morgan fingerprint density at radius 2 is 2.12 bits per heavy atom. The van der Waals surface area contributed by atoms with E-state index in [1.165, 1.54) is 0 Å². The predicted molar refractivity (Wildman–Crippen MR) is 62.9 cm³/mol. The van der Waals surface area contributed by atoms with Crippen molar-refractivity contribution in [2.24, 2.45) is 0 Å². The van der Waals surface area contributed by atoms with Crippen LogP contribution in [0.2, 0.25) is 0 Å². The Morgan fingerprint density at radius 3 is 2.81 bits per heavy atom. The Labute approximate surface area is 95.8 Å². The maximum absolute atomic E-state index is 5.10. The van der Waals surface area contributed by atoms with Gasteiger partial charge in [-0.05, 0) is 25.9 Å². The number of hydrogen-bond donors (Lipinski definition) is 1. The third-order valence-electron chi connectivity index (χ3n) is 3.05. The first-order valence-corrected chi connectivity index (χ1v) is 5.61. The fraction of sp³-hybridized carbons (Fsp3) is 0.636. The van der Waals surface area contributed by atoms with Gasteiger partial charge in [0.05, 0.1) is 7.11 Å². The molecular weight excluding hydrogens is 204 g/mol. The molecule has 5 heteroatoms. The zero-order valence-corrected chi connectivity index (χ0v) is 9.81. The first kappa shape index (κ1) is 11.1. The summed E-state index contributed by atoms with van der Waals surface area (Å²) in [6.07, 6.45) is 3.86. The van der Waals surface area contributed by atoms with Gasteiger partial charge in [0, 0.05) is 19.2 Å². The molecule has 1 aliphatic heterocycles. The summed E-state index contributed by atoms with van der Waals surface area (Å²) in [6.45, 7) is 2.16. The van der Waals surface area contributed by atoms with Crippen LogP contribution in [0.4, 0.5) is 5.82 Å². The van der Waals surface area contributed by atoms with Crippen molar-refractivity contribution in [3.05, 3.63) is 12.4 Å². The van der Waals surface area contributed by atoms with Gasteiger partial charge in [0.25, 0.3) is 0 Å². The third kappa shape index (κ3) is 2.41. The first-order valence-electron chi connectivity index (χ1n) is 5.61. The molecule has 2 rings (SSSR count). The van der Waals surface area contributed by atoms with Crippen LogP contribution in [0.3, 0.4) is 0 Å². The molecule has 0 radical (unpaired) electrons. The minimum absolute atomic E-state index is 0.556. The maximum Gasteiger partial charge on any atom is 0.218 e. The zero-order chi connectivity index (χ0) is 11.4. The van der Waals surface area contributed by atoms with Gasteiger partial charge in [0.15, 0.2) is 0 Å². The molecule has 0 aromatic carbocycles. The molecule has 5 nitrogen and oxygen atoms in total. The van der Waals surface area contributed by atoms with Crippen molar-refractivity contribution in [2.75, 3.05) is 32.1 Å². The van der Waals surface area contributed by atoms with E-state index >= 15 is 0 Å². The minimum atomic E-state index is 0.556. The summed E-state index contributed by atoms with van der Waals surface area (Å²) in [5.74, 6) is 1.55. The Balaban J connectivity index is 2.09. The monoisotopic (exact) mass is 222 g/mol. The van der Waals surface area contributed by atoms with E-state index in [0.29, 0.717) is 11.9 Å². The topological polar surface area (TPSA) is 50.3 Å². The van der Waals surface area contributed by atoms with Crippen LogP contribution in [-0.2, 0) is 0 Å². The fourth-order valence-electron chi connectivity index (χ4n) is 2.02. The van der Waals surface area contributed by atoms with Gasteiger partial charge in [-0.15, -0.1) is 0 Å². The zero-order valence-electron chi connectivity index (χ0n) is 9.81. The summed E-state index contributed by atoms with van der Waals surface area (Å²) < 4.78 is 5.10. The van der Waals surface area contributed by atoms with Gasteiger partial charge >= 0.3 is 0 Å². The number of anilines is 1. The van der Waals surface area contributed by atoms with E-state index in [0.717, 1.165) is 31.7 Å². The molecule has 0 amide bonds. The molecular formula is C11H18N4O. The van der Waals surface area contributed by atoms with Crippen LogP contribution in [0.15, 0.2) is 12.4 Å². The lowest BCUT2D eigenvalue weighted by atomic mass is 10.1. The molecule has 88 valence electrons. The van der Waals surface area contributed by atoms with Gasteiger partial charge in [-0.2, -0.15) is 0 Å². The highest BCUT2D eigenvalue weighted by atomic mass is 16.5. The van der Waals surface area contributed by atoms with E-state index in [1.54, 1.807) is 13.4 Å². The molecule has 0 bridgehead atoms. The molecule has 1 fully saturated rings. The van der Waals surface area contributed by atoms with E-state index in [4.69, 9.17) is 4.74 Å². The van der Waals surface area contributed by atoms with Crippen LogP contribution in [0.5, 0.6) is 5.88 Å². The van der Waals surface area contributed by atoms with Crippen LogP contribution in [0.25, 0.3) is 0 Å². The van der Waals surface area contributed by atoms with Gasteiger partial charge in [-0.25, -0.2) is 9.97 Å². The largest absolute Gasteiger partial charge is 0.481 e. The fourth-order valence-corrected chi connectivity index (χ4v) is 2.02. The summed E-state index contributed by atoms with van der Waals surface area (Å²) in [5.41, 5.74) is 0.